The van der Waals surface area contributed by atoms with E-state index in [9.17, 15) is 0 Å². The molecule has 0 bridgehead atoms. The van der Waals surface area contributed by atoms with Crippen LogP contribution in [0.4, 0.5) is 0 Å². The molecule has 0 aliphatic rings. The molecule has 1 nitrogen and oxygen atoms in total. The summed E-state index contributed by atoms with van der Waals surface area (Å²) in [5, 5.41) is 0. The van der Waals surface area contributed by atoms with E-state index in [4.69, 9.17) is 5.73 Å². The van der Waals surface area contributed by atoms with Gasteiger partial charge in [-0.15, -0.1) is 0 Å². The third kappa shape index (κ3) is 7.53. The lowest BCUT2D eigenvalue weighted by Crippen LogP contribution is -2.38. The Hall–Kier alpha value is -2.12. The maximum absolute atomic E-state index is 6.76. The highest BCUT2D eigenvalue weighted by Gasteiger charge is 2.21. The van der Waals surface area contributed by atoms with Crippen molar-refractivity contribution < 1.29 is 0 Å². The first-order valence-corrected chi connectivity index (χ1v) is 9.44. The monoisotopic (exact) mass is 333 g/mol. The van der Waals surface area contributed by atoms with Gasteiger partial charge >= 0.3 is 0 Å². The Morgan fingerprint density at radius 3 is 1.68 bits per heavy atom. The number of hydrogen-bond donors (Lipinski definition) is 1. The first kappa shape index (κ1) is 19.2. The van der Waals surface area contributed by atoms with E-state index >= 15 is 0 Å². The highest BCUT2D eigenvalue weighted by Crippen LogP contribution is 2.23. The van der Waals surface area contributed by atoms with Crippen LogP contribution in [0.15, 0.2) is 72.8 Å². The number of rotatable bonds is 10. The second-order valence-electron chi connectivity index (χ2n) is 6.85. The molecule has 25 heavy (non-hydrogen) atoms. The minimum Gasteiger partial charge on any atom is -0.325 e. The maximum Gasteiger partial charge on any atom is 0.0224 e. The Bertz CT molecular complexity index is 589. The lowest BCUT2D eigenvalue weighted by Gasteiger charge is -2.27. The van der Waals surface area contributed by atoms with E-state index in [1.54, 1.807) is 0 Å². The molecular formula is C24H31N. The van der Waals surface area contributed by atoms with Crippen LogP contribution < -0.4 is 5.73 Å². The third-order valence-electron chi connectivity index (χ3n) is 4.55. The van der Waals surface area contributed by atoms with Crippen molar-refractivity contribution in [2.24, 2.45) is 5.73 Å². The summed E-state index contributed by atoms with van der Waals surface area (Å²) in [6, 6.07) is 20.9. The minimum atomic E-state index is -0.161. The van der Waals surface area contributed by atoms with Crippen molar-refractivity contribution in [2.45, 2.75) is 51.0 Å². The first-order chi connectivity index (χ1) is 12.2. The zero-order valence-electron chi connectivity index (χ0n) is 15.4. The quantitative estimate of drug-likeness (QED) is 0.495. The summed E-state index contributed by atoms with van der Waals surface area (Å²) in [7, 11) is 0. The average molecular weight is 334 g/mol. The minimum absolute atomic E-state index is 0.161. The SMILES string of the molecule is CCCCCC(N)(CC=Cc1ccccc1)CC=Cc1ccccc1. The molecule has 0 aliphatic heterocycles. The molecule has 0 aliphatic carbocycles. The van der Waals surface area contributed by atoms with Gasteiger partial charge in [-0.3, -0.25) is 0 Å². The standard InChI is InChI=1S/C24H31N/c1-2-3-10-19-24(25,20-11-17-22-13-6-4-7-14-22)21-12-18-23-15-8-5-9-16-23/h4-9,11-18H,2-3,10,19-21,25H2,1H3. The van der Waals surface area contributed by atoms with Gasteiger partial charge in [0.1, 0.15) is 0 Å². The summed E-state index contributed by atoms with van der Waals surface area (Å²) in [5.74, 6) is 0. The van der Waals surface area contributed by atoms with E-state index < -0.39 is 0 Å². The van der Waals surface area contributed by atoms with E-state index in [1.807, 2.05) is 12.1 Å². The predicted octanol–water partition coefficient (Wildman–Crippen LogP) is 6.47. The summed E-state index contributed by atoms with van der Waals surface area (Å²) in [5.41, 5.74) is 9.07. The Balaban J connectivity index is 1.97. The molecule has 0 spiro atoms. The lowest BCUT2D eigenvalue weighted by molar-refractivity contribution is 0.384. The van der Waals surface area contributed by atoms with Gasteiger partial charge in [-0.1, -0.05) is 111 Å². The molecule has 0 atom stereocenters. The van der Waals surface area contributed by atoms with Crippen LogP contribution in [0.2, 0.25) is 0 Å². The third-order valence-corrected chi connectivity index (χ3v) is 4.55. The van der Waals surface area contributed by atoms with Crippen LogP contribution in [0.3, 0.4) is 0 Å². The summed E-state index contributed by atoms with van der Waals surface area (Å²) in [4.78, 5) is 0. The molecule has 0 unspecified atom stereocenters. The Morgan fingerprint density at radius 2 is 1.24 bits per heavy atom. The Morgan fingerprint density at radius 1 is 0.760 bits per heavy atom. The molecule has 1 heteroatoms. The van der Waals surface area contributed by atoms with Gasteiger partial charge in [0.25, 0.3) is 0 Å². The van der Waals surface area contributed by atoms with Gasteiger partial charge < -0.3 is 5.73 Å². The summed E-state index contributed by atoms with van der Waals surface area (Å²) in [6.45, 7) is 2.24. The highest BCUT2D eigenvalue weighted by atomic mass is 14.7. The second-order valence-corrected chi connectivity index (χ2v) is 6.85. The van der Waals surface area contributed by atoms with Crippen molar-refractivity contribution in [2.75, 3.05) is 0 Å². The van der Waals surface area contributed by atoms with Crippen LogP contribution in [-0.2, 0) is 0 Å². The van der Waals surface area contributed by atoms with E-state index in [2.05, 4.69) is 79.8 Å². The molecule has 0 saturated carbocycles. The van der Waals surface area contributed by atoms with Gasteiger partial charge in [0.15, 0.2) is 0 Å². The molecule has 0 saturated heterocycles. The number of unbranched alkanes of at least 4 members (excludes halogenated alkanes) is 2. The normalized spacial score (nSPS) is 14.2. The van der Waals surface area contributed by atoms with Gasteiger partial charge in [-0.25, -0.2) is 0 Å². The van der Waals surface area contributed by atoms with Gasteiger partial charge in [0.05, 0.1) is 0 Å². The topological polar surface area (TPSA) is 26.0 Å². The molecule has 0 aromatic heterocycles. The number of hydrogen-bond acceptors (Lipinski definition) is 1. The molecular weight excluding hydrogens is 302 g/mol. The van der Waals surface area contributed by atoms with Crippen LogP contribution in [0.5, 0.6) is 0 Å². The molecule has 132 valence electrons. The van der Waals surface area contributed by atoms with E-state index in [0.717, 1.165) is 19.3 Å². The molecule has 2 aromatic rings. The van der Waals surface area contributed by atoms with Crippen molar-refractivity contribution in [1.29, 1.82) is 0 Å². The number of nitrogens with two attached hydrogens (primary N) is 1. The molecule has 0 amide bonds. The second kappa shape index (κ2) is 10.7. The van der Waals surface area contributed by atoms with Crippen molar-refractivity contribution in [1.82, 2.24) is 0 Å². The van der Waals surface area contributed by atoms with Crippen molar-refractivity contribution in [3.8, 4) is 0 Å². The van der Waals surface area contributed by atoms with E-state index in [1.165, 1.54) is 30.4 Å². The van der Waals surface area contributed by atoms with Crippen LogP contribution in [0.25, 0.3) is 12.2 Å². The first-order valence-electron chi connectivity index (χ1n) is 9.44. The summed E-state index contributed by atoms with van der Waals surface area (Å²) >= 11 is 0. The fourth-order valence-corrected chi connectivity index (χ4v) is 3.00. The molecule has 0 radical (unpaired) electrons. The van der Waals surface area contributed by atoms with Crippen LogP contribution in [-0.4, -0.2) is 5.54 Å². The van der Waals surface area contributed by atoms with Crippen LogP contribution in [0, 0.1) is 0 Å². The summed E-state index contributed by atoms with van der Waals surface area (Å²) < 4.78 is 0. The van der Waals surface area contributed by atoms with Gasteiger partial charge in [0.2, 0.25) is 0 Å². The highest BCUT2D eigenvalue weighted by molar-refractivity contribution is 5.50. The Labute approximate surface area is 153 Å². The predicted molar refractivity (Wildman–Crippen MR) is 111 cm³/mol. The molecule has 2 N–H and O–H groups in total. The Kier molecular flexibility index (Phi) is 8.21. The molecule has 2 rings (SSSR count). The molecule has 0 fully saturated rings. The maximum atomic E-state index is 6.76. The zero-order valence-corrected chi connectivity index (χ0v) is 15.4. The van der Waals surface area contributed by atoms with Gasteiger partial charge in [0, 0.05) is 5.54 Å². The van der Waals surface area contributed by atoms with Crippen molar-refractivity contribution in [3.05, 3.63) is 83.9 Å². The van der Waals surface area contributed by atoms with Crippen LogP contribution >= 0.6 is 0 Å². The summed E-state index contributed by atoms with van der Waals surface area (Å²) in [6.07, 6.45) is 15.4. The van der Waals surface area contributed by atoms with Crippen LogP contribution in [0.1, 0.15) is 56.6 Å². The van der Waals surface area contributed by atoms with Gasteiger partial charge in [-0.2, -0.15) is 0 Å². The zero-order chi connectivity index (χ0) is 17.8. The molecule has 2 aromatic carbocycles. The van der Waals surface area contributed by atoms with Gasteiger partial charge in [-0.05, 0) is 30.4 Å². The fraction of sp³-hybridized carbons (Fsp3) is 0.333. The largest absolute Gasteiger partial charge is 0.325 e. The molecule has 0 heterocycles. The fourth-order valence-electron chi connectivity index (χ4n) is 3.00. The average Bonchev–Trinajstić information content (AvgIpc) is 2.64. The lowest BCUT2D eigenvalue weighted by atomic mass is 9.86. The van der Waals surface area contributed by atoms with Crippen molar-refractivity contribution >= 4 is 12.2 Å². The van der Waals surface area contributed by atoms with E-state index in [-0.39, 0.29) is 5.54 Å². The van der Waals surface area contributed by atoms with Crippen molar-refractivity contribution in [3.63, 3.8) is 0 Å². The smallest absolute Gasteiger partial charge is 0.0224 e. The number of benzene rings is 2. The van der Waals surface area contributed by atoms with E-state index in [0.29, 0.717) is 0 Å².